The maximum absolute atomic E-state index is 4.46. The zero-order chi connectivity index (χ0) is 13.0. The lowest BCUT2D eigenvalue weighted by atomic mass is 10.1. The van der Waals surface area contributed by atoms with E-state index in [-0.39, 0.29) is 0 Å². The Labute approximate surface area is 108 Å². The van der Waals surface area contributed by atoms with Gasteiger partial charge in [0.25, 0.3) is 0 Å². The molecule has 2 heterocycles. The van der Waals surface area contributed by atoms with E-state index in [1.54, 1.807) is 6.20 Å². The molecule has 0 atom stereocenters. The van der Waals surface area contributed by atoms with E-state index in [0.29, 0.717) is 6.04 Å². The Hall–Kier alpha value is -1.84. The quantitative estimate of drug-likeness (QED) is 0.878. The van der Waals surface area contributed by atoms with Crippen LogP contribution in [-0.2, 0) is 0 Å². The average molecular weight is 244 g/mol. The van der Waals surface area contributed by atoms with Crippen LogP contribution in [0.3, 0.4) is 0 Å². The predicted molar refractivity (Wildman–Crippen MR) is 74.1 cm³/mol. The molecule has 18 heavy (non-hydrogen) atoms. The zero-order valence-corrected chi connectivity index (χ0v) is 11.2. The third-order valence-electron chi connectivity index (χ3n) is 3.18. The van der Waals surface area contributed by atoms with Gasteiger partial charge < -0.3 is 5.32 Å². The topological polar surface area (TPSA) is 42.7 Å². The Kier molecular flexibility index (Phi) is 3.97. The summed E-state index contributed by atoms with van der Waals surface area (Å²) < 4.78 is 1.97. The molecule has 96 valence electrons. The minimum Gasteiger partial charge on any atom is -0.381 e. The maximum Gasteiger partial charge on any atom is 0.138 e. The molecular weight excluding hydrogens is 224 g/mol. The molecule has 2 rings (SSSR count). The number of pyridine rings is 1. The number of hydrogen-bond donors (Lipinski definition) is 1. The van der Waals surface area contributed by atoms with E-state index in [1.165, 1.54) is 0 Å². The van der Waals surface area contributed by atoms with Gasteiger partial charge in [-0.3, -0.25) is 4.57 Å². The summed E-state index contributed by atoms with van der Waals surface area (Å²) in [7, 11) is 0. The first-order valence-electron chi connectivity index (χ1n) is 6.47. The third kappa shape index (κ3) is 2.70. The number of hydrogen-bond acceptors (Lipinski definition) is 3. The van der Waals surface area contributed by atoms with Gasteiger partial charge in [0.1, 0.15) is 11.6 Å². The lowest BCUT2D eigenvalue weighted by Crippen LogP contribution is -2.17. The smallest absolute Gasteiger partial charge is 0.138 e. The summed E-state index contributed by atoms with van der Waals surface area (Å²) in [5.74, 6) is 1.85. The molecule has 0 amide bonds. The Morgan fingerprint density at radius 2 is 2.00 bits per heavy atom. The lowest BCUT2D eigenvalue weighted by Gasteiger charge is -2.16. The number of nitrogens with zero attached hydrogens (tertiary/aromatic N) is 3. The average Bonchev–Trinajstić information content (AvgIpc) is 2.83. The zero-order valence-electron chi connectivity index (χ0n) is 11.2. The van der Waals surface area contributed by atoms with Crippen LogP contribution in [0.2, 0.25) is 0 Å². The largest absolute Gasteiger partial charge is 0.381 e. The second-order valence-corrected chi connectivity index (χ2v) is 4.41. The van der Waals surface area contributed by atoms with E-state index in [9.17, 15) is 0 Å². The van der Waals surface area contributed by atoms with Crippen LogP contribution < -0.4 is 5.32 Å². The van der Waals surface area contributed by atoms with E-state index in [0.717, 1.165) is 30.2 Å². The Bertz CT molecular complexity index is 483. The van der Waals surface area contributed by atoms with E-state index in [2.05, 4.69) is 35.2 Å². The molecule has 0 saturated heterocycles. The number of nitrogens with one attached hydrogen (secondary N) is 1. The molecule has 0 spiro atoms. The number of aromatic nitrogens is 3. The van der Waals surface area contributed by atoms with E-state index >= 15 is 0 Å². The fraction of sp³-hybridized carbons (Fsp3) is 0.429. The van der Waals surface area contributed by atoms with Crippen molar-refractivity contribution < 1.29 is 0 Å². The molecule has 0 fully saturated rings. The van der Waals surface area contributed by atoms with E-state index < -0.39 is 0 Å². The molecule has 2 aromatic rings. The van der Waals surface area contributed by atoms with Gasteiger partial charge in [0.05, 0.1) is 11.9 Å². The van der Waals surface area contributed by atoms with Crippen molar-refractivity contribution in [1.82, 2.24) is 14.5 Å². The summed E-state index contributed by atoms with van der Waals surface area (Å²) in [5.41, 5.74) is 1.07. The lowest BCUT2D eigenvalue weighted by molar-refractivity contribution is 0.671. The standard InChI is InChI=1S/C14H20N4/c1-4-12(5-2)17-13-6-7-14(16-10-13)18-9-8-15-11(18)3/h6-10,12,17H,4-5H2,1-3H3. The summed E-state index contributed by atoms with van der Waals surface area (Å²) in [5, 5.41) is 3.48. The van der Waals surface area contributed by atoms with Gasteiger partial charge in [0.15, 0.2) is 0 Å². The first-order chi connectivity index (χ1) is 8.74. The fourth-order valence-corrected chi connectivity index (χ4v) is 1.96. The SMILES string of the molecule is CCC(CC)Nc1ccc(-n2ccnc2C)nc1. The number of rotatable bonds is 5. The van der Waals surface area contributed by atoms with Crippen molar-refractivity contribution >= 4 is 5.69 Å². The summed E-state index contributed by atoms with van der Waals surface area (Å²) in [4.78, 5) is 8.66. The highest BCUT2D eigenvalue weighted by atomic mass is 15.1. The molecule has 4 nitrogen and oxygen atoms in total. The third-order valence-corrected chi connectivity index (χ3v) is 3.18. The molecule has 0 aromatic carbocycles. The molecule has 0 aliphatic rings. The Morgan fingerprint density at radius 1 is 1.22 bits per heavy atom. The molecule has 0 aliphatic heterocycles. The fourth-order valence-electron chi connectivity index (χ4n) is 1.96. The monoisotopic (exact) mass is 244 g/mol. The van der Waals surface area contributed by atoms with Crippen molar-refractivity contribution in [3.63, 3.8) is 0 Å². The van der Waals surface area contributed by atoms with Crippen LogP contribution in [0.15, 0.2) is 30.7 Å². The minimum atomic E-state index is 0.521. The van der Waals surface area contributed by atoms with Gasteiger partial charge >= 0.3 is 0 Å². The van der Waals surface area contributed by atoms with Gasteiger partial charge in [0, 0.05) is 18.4 Å². The van der Waals surface area contributed by atoms with Crippen molar-refractivity contribution in [2.75, 3.05) is 5.32 Å². The summed E-state index contributed by atoms with van der Waals surface area (Å²) >= 11 is 0. The minimum absolute atomic E-state index is 0.521. The van der Waals surface area contributed by atoms with Crippen molar-refractivity contribution in [2.24, 2.45) is 0 Å². The van der Waals surface area contributed by atoms with Gasteiger partial charge in [-0.15, -0.1) is 0 Å². The van der Waals surface area contributed by atoms with Crippen molar-refractivity contribution in [3.05, 3.63) is 36.5 Å². The summed E-state index contributed by atoms with van der Waals surface area (Å²) in [6, 6.07) is 4.60. The molecule has 0 radical (unpaired) electrons. The van der Waals surface area contributed by atoms with Gasteiger partial charge in [0.2, 0.25) is 0 Å². The molecule has 0 aliphatic carbocycles. The van der Waals surface area contributed by atoms with Crippen LogP contribution in [0.5, 0.6) is 0 Å². The first kappa shape index (κ1) is 12.6. The summed E-state index contributed by atoms with van der Waals surface area (Å²) in [6.07, 6.45) is 7.84. The van der Waals surface area contributed by atoms with E-state index in [4.69, 9.17) is 0 Å². The van der Waals surface area contributed by atoms with Crippen LogP contribution in [-0.4, -0.2) is 20.6 Å². The highest BCUT2D eigenvalue weighted by Gasteiger charge is 2.05. The number of imidazole rings is 1. The van der Waals surface area contributed by atoms with Gasteiger partial charge in [-0.05, 0) is 31.9 Å². The van der Waals surface area contributed by atoms with Crippen LogP contribution in [0, 0.1) is 6.92 Å². The van der Waals surface area contributed by atoms with Gasteiger partial charge in [-0.25, -0.2) is 9.97 Å². The highest BCUT2D eigenvalue weighted by Crippen LogP contribution is 2.13. The Morgan fingerprint density at radius 3 is 2.50 bits per heavy atom. The van der Waals surface area contributed by atoms with Crippen LogP contribution in [0.4, 0.5) is 5.69 Å². The molecule has 0 unspecified atom stereocenters. The Balaban J connectivity index is 2.13. The van der Waals surface area contributed by atoms with Crippen molar-refractivity contribution in [2.45, 2.75) is 39.7 Å². The second kappa shape index (κ2) is 5.67. The normalized spacial score (nSPS) is 10.9. The molecule has 2 aromatic heterocycles. The number of anilines is 1. The van der Waals surface area contributed by atoms with Gasteiger partial charge in [-0.2, -0.15) is 0 Å². The predicted octanol–water partition coefficient (Wildman–Crippen LogP) is 3.18. The van der Waals surface area contributed by atoms with Crippen LogP contribution in [0.1, 0.15) is 32.5 Å². The van der Waals surface area contributed by atoms with Crippen LogP contribution >= 0.6 is 0 Å². The highest BCUT2D eigenvalue weighted by molar-refractivity contribution is 5.44. The molecule has 1 N–H and O–H groups in total. The summed E-state index contributed by atoms with van der Waals surface area (Å²) in [6.45, 7) is 6.35. The molecule has 0 saturated carbocycles. The first-order valence-corrected chi connectivity index (χ1v) is 6.47. The maximum atomic E-state index is 4.46. The van der Waals surface area contributed by atoms with Crippen molar-refractivity contribution in [1.29, 1.82) is 0 Å². The van der Waals surface area contributed by atoms with Crippen LogP contribution in [0.25, 0.3) is 5.82 Å². The second-order valence-electron chi connectivity index (χ2n) is 4.41. The van der Waals surface area contributed by atoms with E-state index in [1.807, 2.05) is 30.0 Å². The van der Waals surface area contributed by atoms with Gasteiger partial charge in [-0.1, -0.05) is 13.8 Å². The number of aryl methyl sites for hydroxylation is 1. The molecule has 0 bridgehead atoms. The van der Waals surface area contributed by atoms with Crippen molar-refractivity contribution in [3.8, 4) is 5.82 Å². The molecular formula is C14H20N4. The molecule has 4 heteroatoms.